The zero-order valence-corrected chi connectivity index (χ0v) is 7.35. The molecule has 1 N–H and O–H groups in total. The van der Waals surface area contributed by atoms with Crippen LogP contribution in [0.1, 0.15) is 51.9 Å². The molecule has 0 bridgehead atoms. The first kappa shape index (κ1) is 10.9. The minimum atomic E-state index is -1.60. The van der Waals surface area contributed by atoms with E-state index in [9.17, 15) is 4.39 Å². The van der Waals surface area contributed by atoms with Crippen molar-refractivity contribution in [2.45, 2.75) is 58.2 Å². The Hall–Kier alpha value is -0.110. The van der Waals surface area contributed by atoms with Gasteiger partial charge in [-0.2, -0.15) is 0 Å². The van der Waals surface area contributed by atoms with Gasteiger partial charge in [0.2, 0.25) is 0 Å². The second-order valence-electron chi connectivity index (χ2n) is 2.99. The molecule has 0 aliphatic rings. The van der Waals surface area contributed by atoms with Crippen molar-refractivity contribution >= 4 is 0 Å². The molecule has 0 spiro atoms. The molecule has 0 aromatic carbocycles. The van der Waals surface area contributed by atoms with Crippen LogP contribution >= 0.6 is 0 Å². The molecule has 2 heteroatoms. The maximum atomic E-state index is 11.8. The highest BCUT2D eigenvalue weighted by Gasteiger charge is 1.97. The highest BCUT2D eigenvalue weighted by molar-refractivity contribution is 4.45. The summed E-state index contributed by atoms with van der Waals surface area (Å²) in [5, 5.41) is 8.29. The van der Waals surface area contributed by atoms with E-state index in [0.29, 0.717) is 6.42 Å². The summed E-state index contributed by atoms with van der Waals surface area (Å²) in [6.45, 7) is 2.17. The average Bonchev–Trinajstić information content (AvgIpc) is 1.96. The van der Waals surface area contributed by atoms with Crippen LogP contribution < -0.4 is 0 Å². The fourth-order valence-corrected chi connectivity index (χ4v) is 1.09. The van der Waals surface area contributed by atoms with Gasteiger partial charge in [-0.25, -0.2) is 4.39 Å². The quantitative estimate of drug-likeness (QED) is 0.570. The number of unbranched alkanes of at least 4 members (excludes halogenated alkanes) is 5. The summed E-state index contributed by atoms with van der Waals surface area (Å²) in [7, 11) is 0. The minimum Gasteiger partial charge on any atom is -0.364 e. The molecule has 0 aliphatic heterocycles. The molecule has 1 unspecified atom stereocenters. The first-order chi connectivity index (χ1) is 5.27. The number of aliphatic hydroxyl groups is 1. The lowest BCUT2D eigenvalue weighted by molar-refractivity contribution is 0.0323. The number of halogens is 1. The minimum absolute atomic E-state index is 0.312. The van der Waals surface area contributed by atoms with Gasteiger partial charge in [0.1, 0.15) is 0 Å². The molecule has 1 nitrogen and oxygen atoms in total. The van der Waals surface area contributed by atoms with Gasteiger partial charge in [0.15, 0.2) is 6.36 Å². The highest BCUT2D eigenvalue weighted by Crippen LogP contribution is 2.08. The lowest BCUT2D eigenvalue weighted by Crippen LogP contribution is -1.95. The van der Waals surface area contributed by atoms with Gasteiger partial charge in [-0.3, -0.25) is 0 Å². The van der Waals surface area contributed by atoms with Gasteiger partial charge in [0, 0.05) is 6.42 Å². The number of hydrogen-bond donors (Lipinski definition) is 1. The smallest absolute Gasteiger partial charge is 0.196 e. The molecule has 11 heavy (non-hydrogen) atoms. The largest absolute Gasteiger partial charge is 0.364 e. The topological polar surface area (TPSA) is 20.2 Å². The molecule has 0 heterocycles. The molecule has 0 aromatic heterocycles. The predicted octanol–water partition coefficient (Wildman–Crippen LogP) is 3.02. The highest BCUT2D eigenvalue weighted by atomic mass is 19.1. The third-order valence-electron chi connectivity index (χ3n) is 1.80. The number of alkyl halides is 1. The summed E-state index contributed by atoms with van der Waals surface area (Å²) < 4.78 is 11.8. The number of rotatable bonds is 7. The normalized spacial score (nSPS) is 13.4. The van der Waals surface area contributed by atoms with E-state index in [4.69, 9.17) is 5.11 Å². The summed E-state index contributed by atoms with van der Waals surface area (Å²) in [5.41, 5.74) is 0. The van der Waals surface area contributed by atoms with Gasteiger partial charge in [0.25, 0.3) is 0 Å². The monoisotopic (exact) mass is 162 g/mol. The fourth-order valence-electron chi connectivity index (χ4n) is 1.09. The van der Waals surface area contributed by atoms with E-state index < -0.39 is 6.36 Å². The van der Waals surface area contributed by atoms with Crippen LogP contribution in [0.15, 0.2) is 0 Å². The summed E-state index contributed by atoms with van der Waals surface area (Å²) in [6, 6.07) is 0. The van der Waals surface area contributed by atoms with E-state index in [-0.39, 0.29) is 0 Å². The average molecular weight is 162 g/mol. The van der Waals surface area contributed by atoms with Crippen LogP contribution in [0.25, 0.3) is 0 Å². The van der Waals surface area contributed by atoms with Gasteiger partial charge in [-0.15, -0.1) is 0 Å². The van der Waals surface area contributed by atoms with Crippen LogP contribution in [0.4, 0.5) is 4.39 Å². The summed E-state index contributed by atoms with van der Waals surface area (Å²) in [5.74, 6) is 0. The maximum absolute atomic E-state index is 11.8. The standard InChI is InChI=1S/C9H19FO/c1-2-3-4-5-6-7-8-9(10)11/h9,11H,2-8H2,1H3. The van der Waals surface area contributed by atoms with E-state index in [1.54, 1.807) is 0 Å². The third kappa shape index (κ3) is 9.89. The summed E-state index contributed by atoms with van der Waals surface area (Å²) in [4.78, 5) is 0. The number of aliphatic hydroxyl groups excluding tert-OH is 1. The Balaban J connectivity index is 2.80. The lowest BCUT2D eigenvalue weighted by Gasteiger charge is -2.00. The molecule has 0 fully saturated rings. The molecule has 0 amide bonds. The van der Waals surface area contributed by atoms with E-state index in [2.05, 4.69) is 6.92 Å². The van der Waals surface area contributed by atoms with Crippen molar-refractivity contribution in [3.05, 3.63) is 0 Å². The summed E-state index contributed by atoms with van der Waals surface area (Å²) in [6.07, 6.45) is 5.54. The van der Waals surface area contributed by atoms with Gasteiger partial charge in [0.05, 0.1) is 0 Å². The van der Waals surface area contributed by atoms with Crippen LogP contribution in [0.3, 0.4) is 0 Å². The van der Waals surface area contributed by atoms with Crippen molar-refractivity contribution in [1.29, 1.82) is 0 Å². The molecule has 0 rings (SSSR count). The van der Waals surface area contributed by atoms with Crippen LogP contribution in [0.5, 0.6) is 0 Å². The predicted molar refractivity (Wildman–Crippen MR) is 45.1 cm³/mol. The zero-order chi connectivity index (χ0) is 8.53. The van der Waals surface area contributed by atoms with Gasteiger partial charge >= 0.3 is 0 Å². The molecule has 0 radical (unpaired) electrons. The van der Waals surface area contributed by atoms with E-state index in [0.717, 1.165) is 12.8 Å². The molecule has 0 saturated heterocycles. The first-order valence-electron chi connectivity index (χ1n) is 4.59. The first-order valence-corrected chi connectivity index (χ1v) is 4.59. The molecular weight excluding hydrogens is 143 g/mol. The van der Waals surface area contributed by atoms with E-state index in [1.165, 1.54) is 25.7 Å². The van der Waals surface area contributed by atoms with E-state index in [1.807, 2.05) is 0 Å². The van der Waals surface area contributed by atoms with Gasteiger partial charge in [-0.05, 0) is 6.42 Å². The van der Waals surface area contributed by atoms with Gasteiger partial charge in [-0.1, -0.05) is 39.0 Å². The van der Waals surface area contributed by atoms with Gasteiger partial charge < -0.3 is 5.11 Å². The van der Waals surface area contributed by atoms with Crippen LogP contribution in [-0.4, -0.2) is 11.5 Å². The molecular formula is C9H19FO. The van der Waals surface area contributed by atoms with Crippen molar-refractivity contribution in [3.8, 4) is 0 Å². The number of hydrogen-bond acceptors (Lipinski definition) is 1. The van der Waals surface area contributed by atoms with Crippen molar-refractivity contribution < 1.29 is 9.50 Å². The Bertz CT molecular complexity index is 74.0. The van der Waals surface area contributed by atoms with Crippen molar-refractivity contribution in [2.75, 3.05) is 0 Å². The second-order valence-corrected chi connectivity index (χ2v) is 2.99. The Labute approximate surface area is 68.6 Å². The van der Waals surface area contributed by atoms with Crippen molar-refractivity contribution in [3.63, 3.8) is 0 Å². The van der Waals surface area contributed by atoms with Crippen LogP contribution in [0.2, 0.25) is 0 Å². The summed E-state index contributed by atoms with van der Waals surface area (Å²) >= 11 is 0. The third-order valence-corrected chi connectivity index (χ3v) is 1.80. The SMILES string of the molecule is CCCCCCCCC(O)F. The lowest BCUT2D eigenvalue weighted by atomic mass is 10.1. The van der Waals surface area contributed by atoms with E-state index >= 15 is 0 Å². The van der Waals surface area contributed by atoms with Crippen molar-refractivity contribution in [2.24, 2.45) is 0 Å². The Kier molecular flexibility index (Phi) is 7.91. The zero-order valence-electron chi connectivity index (χ0n) is 7.35. The molecule has 68 valence electrons. The van der Waals surface area contributed by atoms with Crippen molar-refractivity contribution in [1.82, 2.24) is 0 Å². The Morgan fingerprint density at radius 3 is 2.18 bits per heavy atom. The molecule has 0 aliphatic carbocycles. The second kappa shape index (κ2) is 7.99. The molecule has 0 aromatic rings. The maximum Gasteiger partial charge on any atom is 0.196 e. The van der Waals surface area contributed by atoms with Crippen LogP contribution in [-0.2, 0) is 0 Å². The Morgan fingerprint density at radius 1 is 1.09 bits per heavy atom. The van der Waals surface area contributed by atoms with Crippen LogP contribution in [0, 0.1) is 0 Å². The molecule has 0 saturated carbocycles. The fraction of sp³-hybridized carbons (Fsp3) is 1.00. The Morgan fingerprint density at radius 2 is 1.64 bits per heavy atom. The molecule has 1 atom stereocenters.